The fourth-order valence-electron chi connectivity index (χ4n) is 1.25. The van der Waals surface area contributed by atoms with Gasteiger partial charge in [0.2, 0.25) is 0 Å². The van der Waals surface area contributed by atoms with Gasteiger partial charge in [-0.05, 0) is 24.6 Å². The van der Waals surface area contributed by atoms with Crippen LogP contribution in [-0.4, -0.2) is 18.7 Å². The Labute approximate surface area is 88.8 Å². The summed E-state index contributed by atoms with van der Waals surface area (Å²) in [6.45, 7) is 2.45. The summed E-state index contributed by atoms with van der Waals surface area (Å²) >= 11 is 0. The Balaban J connectivity index is 3.00. The predicted octanol–water partition coefficient (Wildman–Crippen LogP) is 1.65. The second-order valence-corrected chi connectivity index (χ2v) is 2.94. The third-order valence-electron chi connectivity index (χ3n) is 1.90. The first-order valence-electron chi connectivity index (χ1n) is 4.78. The molecule has 0 saturated heterocycles. The van der Waals surface area contributed by atoms with Crippen molar-refractivity contribution in [1.82, 2.24) is 5.32 Å². The van der Waals surface area contributed by atoms with Gasteiger partial charge in [-0.25, -0.2) is 0 Å². The number of benzene rings is 1. The molecule has 1 aromatic rings. The number of amides is 1. The van der Waals surface area contributed by atoms with Crippen molar-refractivity contribution >= 4 is 18.3 Å². The molecule has 0 fully saturated rings. The maximum absolute atomic E-state index is 11.6. The van der Waals surface area contributed by atoms with Gasteiger partial charge < -0.3 is 5.32 Å². The van der Waals surface area contributed by atoms with Crippen LogP contribution < -0.4 is 5.32 Å². The van der Waals surface area contributed by atoms with E-state index in [2.05, 4.69) is 5.32 Å². The standard InChI is InChI=1S/C12H13NO2/c1-2-13-12(15)11-8-4-3-6-10(11)7-5-9-14/h3-9H,2H2,1H3,(H,13,15)/b7-5+. The first kappa shape index (κ1) is 11.2. The molecule has 0 bridgehead atoms. The van der Waals surface area contributed by atoms with Crippen LogP contribution in [0.4, 0.5) is 0 Å². The molecule has 3 nitrogen and oxygen atoms in total. The van der Waals surface area contributed by atoms with Crippen LogP contribution in [0.3, 0.4) is 0 Å². The van der Waals surface area contributed by atoms with Crippen molar-refractivity contribution in [3.8, 4) is 0 Å². The Bertz CT molecular complexity index is 383. The molecule has 15 heavy (non-hydrogen) atoms. The van der Waals surface area contributed by atoms with E-state index in [9.17, 15) is 9.59 Å². The van der Waals surface area contributed by atoms with E-state index in [1.807, 2.05) is 13.0 Å². The van der Waals surface area contributed by atoms with Gasteiger partial charge in [-0.2, -0.15) is 0 Å². The molecule has 1 aromatic carbocycles. The Kier molecular flexibility index (Phi) is 4.29. The summed E-state index contributed by atoms with van der Waals surface area (Å²) in [5, 5.41) is 2.72. The monoisotopic (exact) mass is 203 g/mol. The summed E-state index contributed by atoms with van der Waals surface area (Å²) in [6, 6.07) is 7.15. The summed E-state index contributed by atoms with van der Waals surface area (Å²) < 4.78 is 0. The van der Waals surface area contributed by atoms with Crippen LogP contribution in [0.2, 0.25) is 0 Å². The minimum atomic E-state index is -0.122. The topological polar surface area (TPSA) is 46.2 Å². The van der Waals surface area contributed by atoms with Crippen LogP contribution >= 0.6 is 0 Å². The molecule has 78 valence electrons. The van der Waals surface area contributed by atoms with Gasteiger partial charge in [-0.1, -0.05) is 24.3 Å². The molecule has 0 spiro atoms. The average molecular weight is 203 g/mol. The molecule has 0 heterocycles. The van der Waals surface area contributed by atoms with Gasteiger partial charge in [0.15, 0.2) is 0 Å². The lowest BCUT2D eigenvalue weighted by atomic mass is 10.1. The van der Waals surface area contributed by atoms with Crippen molar-refractivity contribution in [2.45, 2.75) is 6.92 Å². The first-order valence-corrected chi connectivity index (χ1v) is 4.78. The molecule has 3 heteroatoms. The summed E-state index contributed by atoms with van der Waals surface area (Å²) in [6.07, 6.45) is 3.68. The quantitative estimate of drug-likeness (QED) is 0.597. The van der Waals surface area contributed by atoms with Gasteiger partial charge in [0.25, 0.3) is 5.91 Å². The summed E-state index contributed by atoms with van der Waals surface area (Å²) in [4.78, 5) is 21.8. The molecule has 1 rings (SSSR count). The molecule has 1 N–H and O–H groups in total. The van der Waals surface area contributed by atoms with E-state index in [1.165, 1.54) is 6.08 Å². The lowest BCUT2D eigenvalue weighted by Gasteiger charge is -2.05. The maximum atomic E-state index is 11.6. The smallest absolute Gasteiger partial charge is 0.251 e. The zero-order valence-corrected chi connectivity index (χ0v) is 8.57. The van der Waals surface area contributed by atoms with E-state index in [0.29, 0.717) is 18.4 Å². The number of hydrogen-bond donors (Lipinski definition) is 1. The summed E-state index contributed by atoms with van der Waals surface area (Å²) in [7, 11) is 0. The van der Waals surface area contributed by atoms with Crippen molar-refractivity contribution in [1.29, 1.82) is 0 Å². The van der Waals surface area contributed by atoms with Crippen molar-refractivity contribution in [2.24, 2.45) is 0 Å². The van der Waals surface area contributed by atoms with Crippen LogP contribution in [0.15, 0.2) is 30.3 Å². The highest BCUT2D eigenvalue weighted by molar-refractivity contribution is 5.98. The third-order valence-corrected chi connectivity index (χ3v) is 1.90. The molecule has 1 amide bonds. The fraction of sp³-hybridized carbons (Fsp3) is 0.167. The minimum absolute atomic E-state index is 0.122. The van der Waals surface area contributed by atoms with E-state index in [1.54, 1.807) is 24.3 Å². The SMILES string of the molecule is CCNC(=O)c1ccccc1/C=C/C=O. The van der Waals surface area contributed by atoms with Gasteiger partial charge in [0, 0.05) is 12.1 Å². The number of rotatable bonds is 4. The third kappa shape index (κ3) is 3.06. The lowest BCUT2D eigenvalue weighted by molar-refractivity contribution is -0.104. The Morgan fingerprint density at radius 2 is 2.13 bits per heavy atom. The fourth-order valence-corrected chi connectivity index (χ4v) is 1.25. The van der Waals surface area contributed by atoms with E-state index < -0.39 is 0 Å². The molecule has 0 aliphatic heterocycles. The van der Waals surface area contributed by atoms with Crippen LogP contribution in [0, 0.1) is 0 Å². The van der Waals surface area contributed by atoms with Gasteiger partial charge in [0.05, 0.1) is 0 Å². The number of allylic oxidation sites excluding steroid dienone is 1. The average Bonchev–Trinajstić information content (AvgIpc) is 2.27. The Morgan fingerprint density at radius 3 is 2.80 bits per heavy atom. The molecule has 0 radical (unpaired) electrons. The molecule has 0 unspecified atom stereocenters. The van der Waals surface area contributed by atoms with Gasteiger partial charge in [0.1, 0.15) is 6.29 Å². The van der Waals surface area contributed by atoms with Crippen molar-refractivity contribution in [3.05, 3.63) is 41.5 Å². The van der Waals surface area contributed by atoms with E-state index >= 15 is 0 Å². The molecular weight excluding hydrogens is 190 g/mol. The first-order chi connectivity index (χ1) is 7.29. The molecule has 0 aliphatic rings. The zero-order chi connectivity index (χ0) is 11.1. The van der Waals surface area contributed by atoms with E-state index in [4.69, 9.17) is 0 Å². The minimum Gasteiger partial charge on any atom is -0.352 e. The Morgan fingerprint density at radius 1 is 1.40 bits per heavy atom. The summed E-state index contributed by atoms with van der Waals surface area (Å²) in [5.74, 6) is -0.122. The van der Waals surface area contributed by atoms with E-state index in [0.717, 1.165) is 5.56 Å². The number of aldehydes is 1. The molecular formula is C12H13NO2. The number of nitrogens with one attached hydrogen (secondary N) is 1. The van der Waals surface area contributed by atoms with Crippen LogP contribution in [0.25, 0.3) is 6.08 Å². The second-order valence-electron chi connectivity index (χ2n) is 2.94. The number of carbonyl (C=O) groups excluding carboxylic acids is 2. The van der Waals surface area contributed by atoms with Crippen LogP contribution in [0.1, 0.15) is 22.8 Å². The molecule has 0 atom stereocenters. The lowest BCUT2D eigenvalue weighted by Crippen LogP contribution is -2.23. The van der Waals surface area contributed by atoms with E-state index in [-0.39, 0.29) is 5.91 Å². The van der Waals surface area contributed by atoms with Gasteiger partial charge >= 0.3 is 0 Å². The van der Waals surface area contributed by atoms with Crippen LogP contribution in [0.5, 0.6) is 0 Å². The Hall–Kier alpha value is -1.90. The molecule has 0 aromatic heterocycles. The largest absolute Gasteiger partial charge is 0.352 e. The van der Waals surface area contributed by atoms with Gasteiger partial charge in [-0.3, -0.25) is 9.59 Å². The maximum Gasteiger partial charge on any atom is 0.251 e. The zero-order valence-electron chi connectivity index (χ0n) is 8.57. The highest BCUT2D eigenvalue weighted by Gasteiger charge is 2.06. The van der Waals surface area contributed by atoms with Gasteiger partial charge in [-0.15, -0.1) is 0 Å². The highest BCUT2D eigenvalue weighted by Crippen LogP contribution is 2.10. The normalized spacial score (nSPS) is 10.2. The van der Waals surface area contributed by atoms with Crippen molar-refractivity contribution in [2.75, 3.05) is 6.54 Å². The predicted molar refractivity (Wildman–Crippen MR) is 59.5 cm³/mol. The second kappa shape index (κ2) is 5.75. The number of hydrogen-bond acceptors (Lipinski definition) is 2. The highest BCUT2D eigenvalue weighted by atomic mass is 16.1. The van der Waals surface area contributed by atoms with Crippen molar-refractivity contribution in [3.63, 3.8) is 0 Å². The summed E-state index contributed by atoms with van der Waals surface area (Å²) in [5.41, 5.74) is 1.33. The number of carbonyl (C=O) groups is 2. The van der Waals surface area contributed by atoms with Crippen molar-refractivity contribution < 1.29 is 9.59 Å². The molecule has 0 aliphatic carbocycles. The van der Waals surface area contributed by atoms with Crippen LogP contribution in [-0.2, 0) is 4.79 Å². The molecule has 0 saturated carbocycles.